The second-order valence-electron chi connectivity index (χ2n) is 5.22. The monoisotopic (exact) mass is 240 g/mol. The highest BCUT2D eigenvalue weighted by Gasteiger charge is 2.22. The maximum atomic E-state index is 12.0. The Balaban J connectivity index is 1.69. The summed E-state index contributed by atoms with van der Waals surface area (Å²) in [6.07, 6.45) is 5.44. The van der Waals surface area contributed by atoms with Crippen LogP contribution in [0.4, 0.5) is 0 Å². The van der Waals surface area contributed by atoms with Crippen molar-refractivity contribution in [2.45, 2.75) is 51.2 Å². The fourth-order valence-electron chi connectivity index (χ4n) is 2.64. The van der Waals surface area contributed by atoms with Crippen molar-refractivity contribution < 1.29 is 9.53 Å². The van der Waals surface area contributed by atoms with E-state index in [4.69, 9.17) is 4.74 Å². The van der Waals surface area contributed by atoms with Crippen LogP contribution in [-0.2, 0) is 9.53 Å². The summed E-state index contributed by atoms with van der Waals surface area (Å²) in [5.41, 5.74) is 0. The highest BCUT2D eigenvalue weighted by Crippen LogP contribution is 2.17. The standard InChI is InChI=1S/C13H24N2O2/c1-11-10-15(8-7-14-11)13(16)6-5-12-4-2-3-9-17-12/h11-12,14H,2-10H2,1H3. The molecule has 2 heterocycles. The van der Waals surface area contributed by atoms with Gasteiger partial charge >= 0.3 is 0 Å². The minimum absolute atomic E-state index is 0.299. The predicted molar refractivity (Wildman–Crippen MR) is 66.9 cm³/mol. The Bertz CT molecular complexity index is 252. The molecule has 17 heavy (non-hydrogen) atoms. The zero-order valence-electron chi connectivity index (χ0n) is 10.8. The Morgan fingerprint density at radius 1 is 1.47 bits per heavy atom. The zero-order chi connectivity index (χ0) is 12.1. The molecule has 4 nitrogen and oxygen atoms in total. The summed E-state index contributed by atoms with van der Waals surface area (Å²) < 4.78 is 5.65. The molecule has 0 aromatic carbocycles. The molecule has 0 spiro atoms. The lowest BCUT2D eigenvalue weighted by Gasteiger charge is -2.32. The average molecular weight is 240 g/mol. The third-order valence-corrected chi connectivity index (χ3v) is 3.68. The van der Waals surface area contributed by atoms with Gasteiger partial charge in [0.1, 0.15) is 0 Å². The van der Waals surface area contributed by atoms with Crippen molar-refractivity contribution in [2.24, 2.45) is 0 Å². The number of carbonyl (C=O) groups is 1. The van der Waals surface area contributed by atoms with Gasteiger partial charge in [-0.05, 0) is 32.6 Å². The van der Waals surface area contributed by atoms with Gasteiger partial charge in [0.25, 0.3) is 0 Å². The van der Waals surface area contributed by atoms with Crippen molar-refractivity contribution >= 4 is 5.91 Å². The van der Waals surface area contributed by atoms with E-state index < -0.39 is 0 Å². The normalized spacial score (nSPS) is 30.3. The van der Waals surface area contributed by atoms with E-state index in [0.717, 1.165) is 39.1 Å². The lowest BCUT2D eigenvalue weighted by atomic mass is 10.0. The molecule has 0 saturated carbocycles. The van der Waals surface area contributed by atoms with Gasteiger partial charge in [0, 0.05) is 38.7 Å². The fourth-order valence-corrected chi connectivity index (χ4v) is 2.64. The van der Waals surface area contributed by atoms with Gasteiger partial charge in [-0.25, -0.2) is 0 Å². The van der Waals surface area contributed by atoms with E-state index in [2.05, 4.69) is 12.2 Å². The summed E-state index contributed by atoms with van der Waals surface area (Å²) in [5, 5.41) is 3.35. The lowest BCUT2D eigenvalue weighted by Crippen LogP contribution is -2.51. The molecule has 0 bridgehead atoms. The van der Waals surface area contributed by atoms with Crippen molar-refractivity contribution in [1.82, 2.24) is 10.2 Å². The highest BCUT2D eigenvalue weighted by molar-refractivity contribution is 5.76. The van der Waals surface area contributed by atoms with Gasteiger partial charge in [-0.1, -0.05) is 0 Å². The van der Waals surface area contributed by atoms with Gasteiger partial charge in [0.05, 0.1) is 6.10 Å². The van der Waals surface area contributed by atoms with Crippen LogP contribution < -0.4 is 5.32 Å². The molecular weight excluding hydrogens is 216 g/mol. The first-order valence-corrected chi connectivity index (χ1v) is 6.88. The number of nitrogens with zero attached hydrogens (tertiary/aromatic N) is 1. The molecule has 2 atom stereocenters. The molecular formula is C13H24N2O2. The third kappa shape index (κ3) is 3.96. The van der Waals surface area contributed by atoms with Gasteiger partial charge in [0.2, 0.25) is 5.91 Å². The number of carbonyl (C=O) groups excluding carboxylic acids is 1. The Labute approximate surface area is 104 Å². The number of piperazine rings is 1. The van der Waals surface area contributed by atoms with Gasteiger partial charge in [0.15, 0.2) is 0 Å². The van der Waals surface area contributed by atoms with Crippen LogP contribution >= 0.6 is 0 Å². The van der Waals surface area contributed by atoms with Crippen LogP contribution in [0.2, 0.25) is 0 Å². The van der Waals surface area contributed by atoms with E-state index in [9.17, 15) is 4.79 Å². The van der Waals surface area contributed by atoms with Gasteiger partial charge in [-0.2, -0.15) is 0 Å². The van der Waals surface area contributed by atoms with Crippen LogP contribution in [-0.4, -0.2) is 49.2 Å². The number of rotatable bonds is 3. The first-order valence-electron chi connectivity index (χ1n) is 6.88. The zero-order valence-corrected chi connectivity index (χ0v) is 10.8. The molecule has 1 N–H and O–H groups in total. The highest BCUT2D eigenvalue weighted by atomic mass is 16.5. The summed E-state index contributed by atoms with van der Waals surface area (Å²) in [6.45, 7) is 5.64. The van der Waals surface area contributed by atoms with E-state index >= 15 is 0 Å². The van der Waals surface area contributed by atoms with Gasteiger partial charge < -0.3 is 15.0 Å². The van der Waals surface area contributed by atoms with Crippen LogP contribution in [0.5, 0.6) is 0 Å². The maximum Gasteiger partial charge on any atom is 0.222 e. The number of hydrogen-bond donors (Lipinski definition) is 1. The summed E-state index contributed by atoms with van der Waals surface area (Å²) >= 11 is 0. The molecule has 1 amide bonds. The van der Waals surface area contributed by atoms with E-state index in [0.29, 0.717) is 24.5 Å². The van der Waals surface area contributed by atoms with E-state index in [-0.39, 0.29) is 0 Å². The Hall–Kier alpha value is -0.610. The topological polar surface area (TPSA) is 41.6 Å². The fraction of sp³-hybridized carbons (Fsp3) is 0.923. The van der Waals surface area contributed by atoms with Gasteiger partial charge in [-0.15, -0.1) is 0 Å². The van der Waals surface area contributed by atoms with Crippen LogP contribution in [0.1, 0.15) is 39.0 Å². The molecule has 0 aliphatic carbocycles. The molecule has 2 saturated heterocycles. The van der Waals surface area contributed by atoms with Crippen LogP contribution in [0.25, 0.3) is 0 Å². The van der Waals surface area contributed by atoms with Crippen molar-refractivity contribution in [3.63, 3.8) is 0 Å². The Morgan fingerprint density at radius 2 is 2.35 bits per heavy atom. The average Bonchev–Trinajstić information content (AvgIpc) is 2.37. The molecule has 2 unspecified atom stereocenters. The van der Waals surface area contributed by atoms with E-state index in [1.807, 2.05) is 4.90 Å². The van der Waals surface area contributed by atoms with Crippen molar-refractivity contribution in [1.29, 1.82) is 0 Å². The Morgan fingerprint density at radius 3 is 3.06 bits per heavy atom. The lowest BCUT2D eigenvalue weighted by molar-refractivity contribution is -0.133. The van der Waals surface area contributed by atoms with Gasteiger partial charge in [-0.3, -0.25) is 4.79 Å². The maximum absolute atomic E-state index is 12.0. The molecule has 2 aliphatic heterocycles. The van der Waals surface area contributed by atoms with E-state index in [1.165, 1.54) is 12.8 Å². The smallest absolute Gasteiger partial charge is 0.222 e. The number of hydrogen-bond acceptors (Lipinski definition) is 3. The van der Waals surface area contributed by atoms with Crippen LogP contribution in [0.3, 0.4) is 0 Å². The summed E-state index contributed by atoms with van der Waals surface area (Å²) in [7, 11) is 0. The SMILES string of the molecule is CC1CN(C(=O)CCC2CCCCO2)CCN1. The summed E-state index contributed by atoms with van der Waals surface area (Å²) in [6, 6.07) is 0.429. The number of nitrogens with one attached hydrogen (secondary N) is 1. The first kappa shape index (κ1) is 12.8. The molecule has 0 radical (unpaired) electrons. The van der Waals surface area contributed by atoms with Crippen molar-refractivity contribution in [3.05, 3.63) is 0 Å². The second kappa shape index (κ2) is 6.36. The summed E-state index contributed by atoms with van der Waals surface area (Å²) in [5.74, 6) is 0.299. The molecule has 2 fully saturated rings. The predicted octanol–water partition coefficient (Wildman–Crippen LogP) is 1.16. The van der Waals surface area contributed by atoms with Crippen molar-refractivity contribution in [3.8, 4) is 0 Å². The Kier molecular flexibility index (Phi) is 4.80. The summed E-state index contributed by atoms with van der Waals surface area (Å²) in [4.78, 5) is 14.0. The van der Waals surface area contributed by atoms with E-state index in [1.54, 1.807) is 0 Å². The second-order valence-corrected chi connectivity index (χ2v) is 5.22. The molecule has 0 aromatic rings. The minimum Gasteiger partial charge on any atom is -0.378 e. The number of ether oxygens (including phenoxy) is 1. The van der Waals surface area contributed by atoms with Crippen LogP contribution in [0, 0.1) is 0 Å². The molecule has 0 aromatic heterocycles. The quantitative estimate of drug-likeness (QED) is 0.805. The third-order valence-electron chi connectivity index (χ3n) is 3.68. The minimum atomic E-state index is 0.299. The molecule has 2 aliphatic rings. The van der Waals surface area contributed by atoms with Crippen molar-refractivity contribution in [2.75, 3.05) is 26.2 Å². The molecule has 98 valence electrons. The molecule has 4 heteroatoms. The first-order chi connectivity index (χ1) is 8.25. The van der Waals surface area contributed by atoms with Crippen LogP contribution in [0.15, 0.2) is 0 Å². The largest absolute Gasteiger partial charge is 0.378 e. The number of amides is 1. The molecule has 2 rings (SSSR count).